The Bertz CT molecular complexity index is 783. The fourth-order valence-electron chi connectivity index (χ4n) is 2.28. The summed E-state index contributed by atoms with van der Waals surface area (Å²) in [7, 11) is -0.408. The maximum atomic E-state index is 12.3. The first-order chi connectivity index (χ1) is 10.9. The Morgan fingerprint density at radius 2 is 1.57 bits per heavy atom. The molecule has 0 unspecified atom stereocenters. The topological polar surface area (TPSA) is 64.6 Å². The van der Waals surface area contributed by atoms with Crippen LogP contribution in [-0.2, 0) is 16.6 Å². The molecule has 1 N–H and O–H groups in total. The molecule has 0 aromatic heterocycles. The van der Waals surface area contributed by atoms with E-state index in [1.54, 1.807) is 19.2 Å². The lowest BCUT2D eigenvalue weighted by Crippen LogP contribution is -2.23. The van der Waals surface area contributed by atoms with Crippen LogP contribution in [0.25, 0.3) is 0 Å². The minimum atomic E-state index is -3.57. The van der Waals surface area contributed by atoms with Crippen LogP contribution in [0, 0.1) is 13.8 Å². The van der Waals surface area contributed by atoms with Crippen LogP contribution < -0.4 is 14.2 Å². The SMILES string of the molecule is COc1ccc(S(=O)(=O)NCc2ccc(OC)c(C)c2C)cc1. The van der Waals surface area contributed by atoms with Crippen LogP contribution in [0.1, 0.15) is 16.7 Å². The first-order valence-corrected chi connectivity index (χ1v) is 8.64. The first kappa shape index (κ1) is 17.3. The normalized spacial score (nSPS) is 11.3. The predicted octanol–water partition coefficient (Wildman–Crippen LogP) is 2.80. The molecule has 0 heterocycles. The van der Waals surface area contributed by atoms with Gasteiger partial charge in [0.25, 0.3) is 0 Å². The zero-order chi connectivity index (χ0) is 17.0. The molecule has 124 valence electrons. The molecule has 2 aromatic rings. The molecular weight excluding hydrogens is 314 g/mol. The van der Waals surface area contributed by atoms with Gasteiger partial charge in [0.15, 0.2) is 0 Å². The second-order valence-electron chi connectivity index (χ2n) is 5.18. The summed E-state index contributed by atoms with van der Waals surface area (Å²) in [6.45, 7) is 4.13. The Morgan fingerprint density at radius 1 is 0.913 bits per heavy atom. The molecule has 2 rings (SSSR count). The largest absolute Gasteiger partial charge is 0.497 e. The van der Waals surface area contributed by atoms with Gasteiger partial charge in [-0.25, -0.2) is 13.1 Å². The summed E-state index contributed by atoms with van der Waals surface area (Å²) < 4.78 is 37.6. The average molecular weight is 335 g/mol. The van der Waals surface area contributed by atoms with E-state index in [0.29, 0.717) is 5.75 Å². The maximum absolute atomic E-state index is 12.3. The Labute approximate surface area is 137 Å². The third kappa shape index (κ3) is 3.83. The minimum Gasteiger partial charge on any atom is -0.497 e. The van der Waals surface area contributed by atoms with Gasteiger partial charge in [-0.15, -0.1) is 0 Å². The molecule has 23 heavy (non-hydrogen) atoms. The zero-order valence-electron chi connectivity index (χ0n) is 13.7. The molecule has 0 aliphatic heterocycles. The van der Waals surface area contributed by atoms with Crippen LogP contribution in [0.15, 0.2) is 41.3 Å². The monoisotopic (exact) mass is 335 g/mol. The van der Waals surface area contributed by atoms with E-state index >= 15 is 0 Å². The van der Waals surface area contributed by atoms with Gasteiger partial charge in [0.1, 0.15) is 11.5 Å². The van der Waals surface area contributed by atoms with Gasteiger partial charge in [0.2, 0.25) is 10.0 Å². The standard InChI is InChI=1S/C17H21NO4S/c1-12-13(2)17(22-4)10-5-14(12)11-18-23(19,20)16-8-6-15(21-3)7-9-16/h5-10,18H,11H2,1-4H3. The van der Waals surface area contributed by atoms with Crippen molar-refractivity contribution in [2.24, 2.45) is 0 Å². The van der Waals surface area contributed by atoms with Crippen molar-refractivity contribution in [1.29, 1.82) is 0 Å². The van der Waals surface area contributed by atoms with Crippen molar-refractivity contribution in [3.05, 3.63) is 53.1 Å². The van der Waals surface area contributed by atoms with Crippen LogP contribution in [0.5, 0.6) is 11.5 Å². The van der Waals surface area contributed by atoms with Gasteiger partial charge in [-0.2, -0.15) is 0 Å². The van der Waals surface area contributed by atoms with Crippen LogP contribution in [0.4, 0.5) is 0 Å². The van der Waals surface area contributed by atoms with Gasteiger partial charge in [0, 0.05) is 6.54 Å². The van der Waals surface area contributed by atoms with E-state index in [-0.39, 0.29) is 11.4 Å². The highest BCUT2D eigenvalue weighted by Crippen LogP contribution is 2.24. The second-order valence-corrected chi connectivity index (χ2v) is 6.94. The lowest BCUT2D eigenvalue weighted by Gasteiger charge is -2.13. The van der Waals surface area contributed by atoms with Crippen molar-refractivity contribution in [3.63, 3.8) is 0 Å². The third-order valence-electron chi connectivity index (χ3n) is 3.89. The van der Waals surface area contributed by atoms with Crippen LogP contribution in [0.3, 0.4) is 0 Å². The van der Waals surface area contributed by atoms with Crippen molar-refractivity contribution in [3.8, 4) is 11.5 Å². The van der Waals surface area contributed by atoms with E-state index in [4.69, 9.17) is 9.47 Å². The van der Waals surface area contributed by atoms with Gasteiger partial charge in [-0.1, -0.05) is 6.07 Å². The van der Waals surface area contributed by atoms with Crippen molar-refractivity contribution in [2.45, 2.75) is 25.3 Å². The second kappa shape index (κ2) is 7.02. The summed E-state index contributed by atoms with van der Waals surface area (Å²) in [6.07, 6.45) is 0. The zero-order valence-corrected chi connectivity index (χ0v) is 14.5. The number of benzene rings is 2. The molecule has 0 saturated heterocycles. The van der Waals surface area contributed by atoms with E-state index < -0.39 is 10.0 Å². The van der Waals surface area contributed by atoms with E-state index in [2.05, 4.69) is 4.72 Å². The van der Waals surface area contributed by atoms with Crippen molar-refractivity contribution in [1.82, 2.24) is 4.72 Å². The van der Waals surface area contributed by atoms with Crippen LogP contribution in [-0.4, -0.2) is 22.6 Å². The fraction of sp³-hybridized carbons (Fsp3) is 0.294. The van der Waals surface area contributed by atoms with Crippen molar-refractivity contribution < 1.29 is 17.9 Å². The number of hydrogen-bond donors (Lipinski definition) is 1. The summed E-state index contributed by atoms with van der Waals surface area (Å²) in [5, 5.41) is 0. The molecule has 0 atom stereocenters. The van der Waals surface area contributed by atoms with Crippen molar-refractivity contribution in [2.75, 3.05) is 14.2 Å². The Hall–Kier alpha value is -2.05. The summed E-state index contributed by atoms with van der Waals surface area (Å²) in [4.78, 5) is 0.209. The number of ether oxygens (including phenoxy) is 2. The van der Waals surface area contributed by atoms with Gasteiger partial charge in [-0.3, -0.25) is 0 Å². The van der Waals surface area contributed by atoms with Crippen LogP contribution in [0.2, 0.25) is 0 Å². The molecule has 0 aliphatic rings. The number of methoxy groups -OCH3 is 2. The molecular formula is C17H21NO4S. The number of rotatable bonds is 6. The molecule has 0 bridgehead atoms. The average Bonchev–Trinajstić information content (AvgIpc) is 2.56. The highest BCUT2D eigenvalue weighted by atomic mass is 32.2. The Balaban J connectivity index is 2.17. The fourth-order valence-corrected chi connectivity index (χ4v) is 3.28. The summed E-state index contributed by atoms with van der Waals surface area (Å²) >= 11 is 0. The summed E-state index contributed by atoms with van der Waals surface area (Å²) in [6, 6.07) is 10.0. The van der Waals surface area contributed by atoms with Gasteiger partial charge < -0.3 is 9.47 Å². The lowest BCUT2D eigenvalue weighted by molar-refractivity contribution is 0.411. The van der Waals surface area contributed by atoms with Crippen LogP contribution >= 0.6 is 0 Å². The summed E-state index contributed by atoms with van der Waals surface area (Å²) in [5.41, 5.74) is 2.94. The highest BCUT2D eigenvalue weighted by Gasteiger charge is 2.15. The van der Waals surface area contributed by atoms with Gasteiger partial charge in [-0.05, 0) is 60.9 Å². The third-order valence-corrected chi connectivity index (χ3v) is 5.31. The molecule has 0 radical (unpaired) electrons. The Morgan fingerprint density at radius 3 is 2.13 bits per heavy atom. The number of hydrogen-bond acceptors (Lipinski definition) is 4. The molecule has 0 spiro atoms. The summed E-state index contributed by atoms with van der Waals surface area (Å²) in [5.74, 6) is 1.41. The predicted molar refractivity (Wildman–Crippen MR) is 89.5 cm³/mol. The van der Waals surface area contributed by atoms with E-state index in [1.807, 2.05) is 26.0 Å². The molecule has 0 saturated carbocycles. The minimum absolute atomic E-state index is 0.209. The smallest absolute Gasteiger partial charge is 0.240 e. The van der Waals surface area contributed by atoms with E-state index in [9.17, 15) is 8.42 Å². The molecule has 0 amide bonds. The first-order valence-electron chi connectivity index (χ1n) is 7.16. The molecule has 2 aromatic carbocycles. The molecule has 5 nitrogen and oxygen atoms in total. The maximum Gasteiger partial charge on any atom is 0.240 e. The molecule has 0 aliphatic carbocycles. The molecule has 0 fully saturated rings. The lowest BCUT2D eigenvalue weighted by atomic mass is 10.0. The van der Waals surface area contributed by atoms with Crippen molar-refractivity contribution >= 4 is 10.0 Å². The van der Waals surface area contributed by atoms with Gasteiger partial charge >= 0.3 is 0 Å². The number of nitrogens with one attached hydrogen (secondary N) is 1. The Kier molecular flexibility index (Phi) is 5.28. The van der Waals surface area contributed by atoms with Gasteiger partial charge in [0.05, 0.1) is 19.1 Å². The van der Waals surface area contributed by atoms with E-state index in [0.717, 1.165) is 22.4 Å². The molecule has 6 heteroatoms. The quantitative estimate of drug-likeness (QED) is 0.882. The highest BCUT2D eigenvalue weighted by molar-refractivity contribution is 7.89. The number of sulfonamides is 1. The van der Waals surface area contributed by atoms with E-state index in [1.165, 1.54) is 19.2 Å².